The van der Waals surface area contributed by atoms with Crippen LogP contribution in [-0.2, 0) is 6.18 Å². The minimum atomic E-state index is -4.49. The summed E-state index contributed by atoms with van der Waals surface area (Å²) in [6.07, 6.45) is 0.354. The maximum atomic E-state index is 13.0. The first-order chi connectivity index (χ1) is 15.2. The Hall–Kier alpha value is -3.53. The molecule has 7 nitrogen and oxygen atoms in total. The zero-order valence-electron chi connectivity index (χ0n) is 16.8. The van der Waals surface area contributed by atoms with Gasteiger partial charge in [-0.1, -0.05) is 12.1 Å². The number of benzene rings is 1. The summed E-state index contributed by atoms with van der Waals surface area (Å²) in [5.41, 5.74) is -2.06. The number of hydrogen-bond donors (Lipinski definition) is 2. The van der Waals surface area contributed by atoms with E-state index in [1.54, 1.807) is 12.1 Å². The number of amides is 1. The van der Waals surface area contributed by atoms with E-state index in [1.165, 1.54) is 30.6 Å². The number of carbonyl (C=O) groups excluding carboxylic acids is 1. The number of nitrogens with zero attached hydrogens (tertiary/aromatic N) is 3. The molecule has 0 atom stereocenters. The van der Waals surface area contributed by atoms with Crippen molar-refractivity contribution in [3.05, 3.63) is 76.3 Å². The van der Waals surface area contributed by atoms with E-state index in [9.17, 15) is 27.9 Å². The Morgan fingerprint density at radius 2 is 1.91 bits per heavy atom. The molecule has 0 bridgehead atoms. The van der Waals surface area contributed by atoms with Gasteiger partial charge in [-0.3, -0.25) is 14.6 Å². The number of aromatic nitrogens is 3. The van der Waals surface area contributed by atoms with Crippen molar-refractivity contribution in [1.82, 2.24) is 20.1 Å². The van der Waals surface area contributed by atoms with Crippen molar-refractivity contribution in [1.29, 1.82) is 0 Å². The van der Waals surface area contributed by atoms with Gasteiger partial charge >= 0.3 is 6.18 Å². The Morgan fingerprint density at radius 3 is 2.47 bits per heavy atom. The van der Waals surface area contributed by atoms with Crippen molar-refractivity contribution in [3.8, 4) is 16.9 Å². The van der Waals surface area contributed by atoms with Gasteiger partial charge in [0.15, 0.2) is 0 Å². The topological polar surface area (TPSA) is 97.1 Å². The van der Waals surface area contributed by atoms with E-state index in [-0.39, 0.29) is 23.5 Å². The summed E-state index contributed by atoms with van der Waals surface area (Å²) >= 11 is 0. The van der Waals surface area contributed by atoms with Crippen LogP contribution in [0.3, 0.4) is 0 Å². The lowest BCUT2D eigenvalue weighted by molar-refractivity contribution is -0.137. The highest BCUT2D eigenvalue weighted by molar-refractivity contribution is 5.94. The van der Waals surface area contributed by atoms with Crippen LogP contribution in [-0.4, -0.2) is 37.9 Å². The fourth-order valence-electron chi connectivity index (χ4n) is 3.38. The van der Waals surface area contributed by atoms with Gasteiger partial charge < -0.3 is 10.4 Å². The van der Waals surface area contributed by atoms with Gasteiger partial charge in [0.05, 0.1) is 28.7 Å². The predicted octanol–water partition coefficient (Wildman–Crippen LogP) is 2.96. The average Bonchev–Trinajstić information content (AvgIpc) is 2.76. The van der Waals surface area contributed by atoms with Crippen molar-refractivity contribution in [2.45, 2.75) is 31.0 Å². The molecule has 1 aromatic carbocycles. The van der Waals surface area contributed by atoms with Crippen LogP contribution in [0, 0.1) is 0 Å². The number of alkyl halides is 3. The maximum Gasteiger partial charge on any atom is 0.416 e. The van der Waals surface area contributed by atoms with Crippen molar-refractivity contribution >= 4 is 5.91 Å². The molecule has 1 aliphatic carbocycles. The van der Waals surface area contributed by atoms with Gasteiger partial charge in [-0.25, -0.2) is 0 Å². The number of rotatable bonds is 5. The van der Waals surface area contributed by atoms with E-state index in [1.807, 2.05) is 0 Å². The Bertz CT molecular complexity index is 1190. The number of carbonyl (C=O) groups is 1. The molecule has 2 aromatic heterocycles. The fourth-order valence-corrected chi connectivity index (χ4v) is 3.38. The van der Waals surface area contributed by atoms with Crippen LogP contribution in [0.4, 0.5) is 13.2 Å². The summed E-state index contributed by atoms with van der Waals surface area (Å²) in [6.45, 7) is -0.00387. The van der Waals surface area contributed by atoms with Gasteiger partial charge in [-0.15, -0.1) is 0 Å². The first-order valence-corrected chi connectivity index (χ1v) is 9.89. The third-order valence-electron chi connectivity index (χ3n) is 5.42. The van der Waals surface area contributed by atoms with Gasteiger partial charge in [0.2, 0.25) is 0 Å². The Labute approximate surface area is 180 Å². The molecule has 1 aliphatic rings. The molecule has 166 valence electrons. The molecular weight excluding hydrogens is 425 g/mol. The third-order valence-corrected chi connectivity index (χ3v) is 5.42. The average molecular weight is 444 g/mol. The summed E-state index contributed by atoms with van der Waals surface area (Å²) in [5, 5.41) is 17.0. The molecule has 32 heavy (non-hydrogen) atoms. The normalized spacial score (nSPS) is 15.1. The van der Waals surface area contributed by atoms with E-state index in [2.05, 4.69) is 15.4 Å². The summed E-state index contributed by atoms with van der Waals surface area (Å²) in [4.78, 5) is 29.7. The largest absolute Gasteiger partial charge is 0.416 e. The summed E-state index contributed by atoms with van der Waals surface area (Å²) in [6, 6.07) is 8.64. The van der Waals surface area contributed by atoms with Crippen molar-refractivity contribution in [2.75, 3.05) is 6.54 Å². The Balaban J connectivity index is 1.75. The number of nitrogens with one attached hydrogen (secondary N) is 1. The van der Waals surface area contributed by atoms with Crippen molar-refractivity contribution in [2.24, 2.45) is 0 Å². The fraction of sp³-hybridized carbons (Fsp3) is 0.273. The predicted molar refractivity (Wildman–Crippen MR) is 109 cm³/mol. The maximum absolute atomic E-state index is 13.0. The first kappa shape index (κ1) is 21.7. The molecule has 0 saturated heterocycles. The van der Waals surface area contributed by atoms with Crippen LogP contribution in [0.25, 0.3) is 16.9 Å². The summed E-state index contributed by atoms with van der Waals surface area (Å²) in [7, 11) is 0. The van der Waals surface area contributed by atoms with E-state index >= 15 is 0 Å². The minimum Gasteiger partial charge on any atom is -0.388 e. The molecule has 2 heterocycles. The molecule has 1 fully saturated rings. The van der Waals surface area contributed by atoms with E-state index in [4.69, 9.17) is 0 Å². The highest BCUT2D eigenvalue weighted by Crippen LogP contribution is 2.31. The number of halogens is 3. The zero-order chi connectivity index (χ0) is 22.9. The Morgan fingerprint density at radius 1 is 1.19 bits per heavy atom. The molecule has 1 saturated carbocycles. The second-order valence-electron chi connectivity index (χ2n) is 7.71. The molecule has 0 spiro atoms. The number of hydrogen-bond acceptors (Lipinski definition) is 5. The van der Waals surface area contributed by atoms with Gasteiger partial charge in [0, 0.05) is 18.3 Å². The lowest BCUT2D eigenvalue weighted by Gasteiger charge is -2.36. The molecule has 1 amide bonds. The van der Waals surface area contributed by atoms with E-state index < -0.39 is 28.8 Å². The second kappa shape index (κ2) is 8.19. The molecule has 2 N–H and O–H groups in total. The van der Waals surface area contributed by atoms with Crippen molar-refractivity contribution in [3.63, 3.8) is 0 Å². The molecular formula is C22H19F3N4O3. The number of pyridine rings is 1. The number of aliphatic hydroxyl groups is 1. The molecule has 3 aromatic rings. The van der Waals surface area contributed by atoms with Crippen LogP contribution in [0.1, 0.15) is 35.2 Å². The van der Waals surface area contributed by atoms with Crippen molar-refractivity contribution < 1.29 is 23.1 Å². The third kappa shape index (κ3) is 4.40. The molecule has 0 unspecified atom stereocenters. The highest BCUT2D eigenvalue weighted by atomic mass is 19.4. The zero-order valence-corrected chi connectivity index (χ0v) is 16.8. The van der Waals surface area contributed by atoms with E-state index in [0.717, 1.165) is 23.2 Å². The summed E-state index contributed by atoms with van der Waals surface area (Å²) in [5.74, 6) is -0.705. The van der Waals surface area contributed by atoms with Gasteiger partial charge in [-0.05, 0) is 49.6 Å². The Kier molecular flexibility index (Phi) is 5.55. The molecule has 0 radical (unpaired) electrons. The van der Waals surface area contributed by atoms with Crippen LogP contribution < -0.4 is 10.9 Å². The lowest BCUT2D eigenvalue weighted by Crippen LogP contribution is -2.48. The lowest BCUT2D eigenvalue weighted by atomic mass is 9.80. The first-order valence-electron chi connectivity index (χ1n) is 9.89. The second-order valence-corrected chi connectivity index (χ2v) is 7.71. The van der Waals surface area contributed by atoms with Crippen LogP contribution >= 0.6 is 0 Å². The van der Waals surface area contributed by atoms with Crippen LogP contribution in [0.2, 0.25) is 0 Å². The highest BCUT2D eigenvalue weighted by Gasteiger charge is 2.35. The molecule has 10 heteroatoms. The van der Waals surface area contributed by atoms with Gasteiger partial charge in [0.25, 0.3) is 11.5 Å². The quantitative estimate of drug-likeness (QED) is 0.631. The minimum absolute atomic E-state index is 0.00387. The van der Waals surface area contributed by atoms with E-state index in [0.29, 0.717) is 18.4 Å². The monoisotopic (exact) mass is 444 g/mol. The van der Waals surface area contributed by atoms with Crippen LogP contribution in [0.15, 0.2) is 59.7 Å². The van der Waals surface area contributed by atoms with Gasteiger partial charge in [0.1, 0.15) is 5.56 Å². The standard InChI is InChI=1S/C22H19F3N4O3/c23-22(24,25)15-6-4-14(5-7-15)18-11-17(19(30)27-13-21(32)8-2-9-21)20(31)29(28-18)16-3-1-10-26-12-16/h1,3-7,10-12,32H,2,8-9,13H2,(H,27,30). The van der Waals surface area contributed by atoms with Crippen LogP contribution in [0.5, 0.6) is 0 Å². The molecule has 4 rings (SSSR count). The summed E-state index contributed by atoms with van der Waals surface area (Å²) < 4.78 is 39.7. The molecule has 0 aliphatic heterocycles. The SMILES string of the molecule is O=C(NCC1(O)CCC1)c1cc(-c2ccc(C(F)(F)F)cc2)nn(-c2cccnc2)c1=O. The van der Waals surface area contributed by atoms with Gasteiger partial charge in [-0.2, -0.15) is 23.0 Å². The smallest absolute Gasteiger partial charge is 0.388 e.